The van der Waals surface area contributed by atoms with Crippen LogP contribution >= 0.6 is 0 Å². The summed E-state index contributed by atoms with van der Waals surface area (Å²) in [4.78, 5) is 10.1. The number of hydrogen-bond acceptors (Lipinski definition) is 5. The standard InChI is InChI=1S/C20H20N2O5S/c1-14-9-10-16(22(24)25)13-20(14)28(26,27)21-12-11-19(23)18-8-4-6-15-5-2-3-7-17(15)18/h2-10,13,19,21,23H,11-12H2,1H3. The van der Waals surface area contributed by atoms with Gasteiger partial charge in [0.15, 0.2) is 0 Å². The lowest BCUT2D eigenvalue weighted by Crippen LogP contribution is -2.26. The molecule has 146 valence electrons. The normalized spacial score (nSPS) is 12.8. The van der Waals surface area contributed by atoms with Crippen molar-refractivity contribution in [1.29, 1.82) is 0 Å². The lowest BCUT2D eigenvalue weighted by molar-refractivity contribution is -0.385. The minimum absolute atomic E-state index is 0.00511. The van der Waals surface area contributed by atoms with Crippen molar-refractivity contribution in [3.63, 3.8) is 0 Å². The molecule has 1 unspecified atom stereocenters. The van der Waals surface area contributed by atoms with E-state index in [1.807, 2.05) is 42.5 Å². The van der Waals surface area contributed by atoms with Gasteiger partial charge in [0.25, 0.3) is 5.69 Å². The van der Waals surface area contributed by atoms with E-state index in [2.05, 4.69) is 4.72 Å². The molecular formula is C20H20N2O5S. The van der Waals surface area contributed by atoms with E-state index < -0.39 is 21.1 Å². The van der Waals surface area contributed by atoms with E-state index in [9.17, 15) is 23.6 Å². The SMILES string of the molecule is Cc1ccc([N+](=O)[O-])cc1S(=O)(=O)NCCC(O)c1cccc2ccccc12. The summed E-state index contributed by atoms with van der Waals surface area (Å²) in [5, 5.41) is 23.4. The van der Waals surface area contributed by atoms with Gasteiger partial charge in [-0.15, -0.1) is 0 Å². The van der Waals surface area contributed by atoms with Crippen LogP contribution in [-0.2, 0) is 10.0 Å². The summed E-state index contributed by atoms with van der Waals surface area (Å²) in [6.07, 6.45) is -0.679. The first-order valence-corrected chi connectivity index (χ1v) is 10.2. The molecule has 0 spiro atoms. The molecule has 2 N–H and O–H groups in total. The molecule has 8 heteroatoms. The highest BCUT2D eigenvalue weighted by atomic mass is 32.2. The number of nitro benzene ring substituents is 1. The molecular weight excluding hydrogens is 380 g/mol. The largest absolute Gasteiger partial charge is 0.388 e. The van der Waals surface area contributed by atoms with Gasteiger partial charge < -0.3 is 5.11 Å². The minimum Gasteiger partial charge on any atom is -0.388 e. The molecule has 0 saturated heterocycles. The molecule has 0 aliphatic rings. The zero-order valence-corrected chi connectivity index (χ0v) is 16.0. The van der Waals surface area contributed by atoms with Gasteiger partial charge in [-0.1, -0.05) is 48.5 Å². The van der Waals surface area contributed by atoms with E-state index >= 15 is 0 Å². The highest BCUT2D eigenvalue weighted by molar-refractivity contribution is 7.89. The first-order chi connectivity index (χ1) is 13.3. The third-order valence-corrected chi connectivity index (χ3v) is 6.17. The van der Waals surface area contributed by atoms with Crippen molar-refractivity contribution in [2.45, 2.75) is 24.3 Å². The van der Waals surface area contributed by atoms with Crippen LogP contribution in [0.5, 0.6) is 0 Å². The molecule has 1 atom stereocenters. The van der Waals surface area contributed by atoms with E-state index in [1.165, 1.54) is 12.1 Å². The number of non-ortho nitro benzene ring substituents is 1. The number of benzene rings is 3. The van der Waals surface area contributed by atoms with Crippen LogP contribution in [0.2, 0.25) is 0 Å². The number of aryl methyl sites for hydroxylation is 1. The van der Waals surface area contributed by atoms with Gasteiger partial charge in [0, 0.05) is 18.7 Å². The number of nitro groups is 1. The Kier molecular flexibility index (Phi) is 5.73. The van der Waals surface area contributed by atoms with E-state index in [4.69, 9.17) is 0 Å². The number of aliphatic hydroxyl groups is 1. The average molecular weight is 400 g/mol. The predicted molar refractivity (Wildman–Crippen MR) is 107 cm³/mol. The molecule has 0 saturated carbocycles. The van der Waals surface area contributed by atoms with Crippen molar-refractivity contribution in [2.24, 2.45) is 0 Å². The summed E-state index contributed by atoms with van der Waals surface area (Å²) in [6.45, 7) is 1.57. The molecule has 0 fully saturated rings. The maximum atomic E-state index is 12.5. The Labute approximate surface area is 162 Å². The van der Waals surface area contributed by atoms with Crippen LogP contribution in [0, 0.1) is 17.0 Å². The molecule has 0 radical (unpaired) electrons. The number of aliphatic hydroxyl groups excluding tert-OH is 1. The Bertz CT molecular complexity index is 1120. The predicted octanol–water partition coefficient (Wildman–Crippen LogP) is 3.46. The first kappa shape index (κ1) is 19.9. The second-order valence-corrected chi connectivity index (χ2v) is 8.21. The zero-order valence-electron chi connectivity index (χ0n) is 15.2. The zero-order chi connectivity index (χ0) is 20.3. The van der Waals surface area contributed by atoms with Crippen LogP contribution in [0.1, 0.15) is 23.7 Å². The Morgan fingerprint density at radius 1 is 1.11 bits per heavy atom. The van der Waals surface area contributed by atoms with Gasteiger partial charge >= 0.3 is 0 Å². The summed E-state index contributed by atoms with van der Waals surface area (Å²) in [6, 6.07) is 16.9. The summed E-state index contributed by atoms with van der Waals surface area (Å²) in [5.74, 6) is 0. The highest BCUT2D eigenvalue weighted by Crippen LogP contribution is 2.26. The molecule has 0 aromatic heterocycles. The maximum absolute atomic E-state index is 12.5. The van der Waals surface area contributed by atoms with Crippen LogP contribution in [0.3, 0.4) is 0 Å². The quantitative estimate of drug-likeness (QED) is 0.466. The Hall–Kier alpha value is -2.81. The second kappa shape index (κ2) is 8.05. The molecule has 0 aliphatic heterocycles. The molecule has 0 bridgehead atoms. The third kappa shape index (κ3) is 4.19. The molecule has 3 rings (SSSR count). The fourth-order valence-electron chi connectivity index (χ4n) is 3.10. The molecule has 0 aliphatic carbocycles. The lowest BCUT2D eigenvalue weighted by Gasteiger charge is -2.15. The van der Waals surface area contributed by atoms with E-state index in [0.717, 1.165) is 22.4 Å². The van der Waals surface area contributed by atoms with Gasteiger partial charge in [0.05, 0.1) is 15.9 Å². The van der Waals surface area contributed by atoms with Crippen molar-refractivity contribution in [3.05, 3.63) is 81.9 Å². The first-order valence-electron chi connectivity index (χ1n) is 8.70. The van der Waals surface area contributed by atoms with E-state index in [-0.39, 0.29) is 23.5 Å². The maximum Gasteiger partial charge on any atom is 0.270 e. The van der Waals surface area contributed by atoms with Crippen molar-refractivity contribution in [2.75, 3.05) is 6.54 Å². The van der Waals surface area contributed by atoms with Crippen LogP contribution in [-0.4, -0.2) is 25.0 Å². The minimum atomic E-state index is -3.93. The van der Waals surface area contributed by atoms with E-state index in [0.29, 0.717) is 5.56 Å². The fraction of sp³-hybridized carbons (Fsp3) is 0.200. The van der Waals surface area contributed by atoms with Gasteiger partial charge in [-0.2, -0.15) is 0 Å². The van der Waals surface area contributed by atoms with Crippen molar-refractivity contribution in [3.8, 4) is 0 Å². The van der Waals surface area contributed by atoms with E-state index in [1.54, 1.807) is 6.92 Å². The highest BCUT2D eigenvalue weighted by Gasteiger charge is 2.21. The van der Waals surface area contributed by atoms with Gasteiger partial charge in [-0.25, -0.2) is 13.1 Å². The molecule has 28 heavy (non-hydrogen) atoms. The number of hydrogen-bond donors (Lipinski definition) is 2. The summed E-state index contributed by atoms with van der Waals surface area (Å²) >= 11 is 0. The van der Waals surface area contributed by atoms with Crippen LogP contribution in [0.15, 0.2) is 65.6 Å². The number of sulfonamides is 1. The molecule has 3 aromatic rings. The summed E-state index contributed by atoms with van der Waals surface area (Å²) < 4.78 is 27.5. The number of fused-ring (bicyclic) bond motifs is 1. The van der Waals surface area contributed by atoms with Crippen LogP contribution in [0.4, 0.5) is 5.69 Å². The van der Waals surface area contributed by atoms with Gasteiger partial charge in [-0.05, 0) is 35.2 Å². The van der Waals surface area contributed by atoms with Crippen molar-refractivity contribution in [1.82, 2.24) is 4.72 Å². The molecule has 3 aromatic carbocycles. The van der Waals surface area contributed by atoms with Crippen molar-refractivity contribution >= 4 is 26.5 Å². The fourth-order valence-corrected chi connectivity index (χ4v) is 4.41. The lowest BCUT2D eigenvalue weighted by atomic mass is 9.99. The summed E-state index contributed by atoms with van der Waals surface area (Å²) in [5.41, 5.74) is 0.846. The summed E-state index contributed by atoms with van der Waals surface area (Å²) in [7, 11) is -3.93. The van der Waals surface area contributed by atoms with Gasteiger partial charge in [0.2, 0.25) is 10.0 Å². The molecule has 0 amide bonds. The van der Waals surface area contributed by atoms with Crippen molar-refractivity contribution < 1.29 is 18.4 Å². The number of rotatable bonds is 7. The number of nitrogens with zero attached hydrogens (tertiary/aromatic N) is 1. The molecule has 7 nitrogen and oxygen atoms in total. The van der Waals surface area contributed by atoms with Gasteiger partial charge in [0.1, 0.15) is 0 Å². The molecule has 0 heterocycles. The third-order valence-electron chi connectivity index (χ3n) is 4.56. The monoisotopic (exact) mass is 400 g/mol. The Balaban J connectivity index is 1.73. The Morgan fingerprint density at radius 3 is 2.57 bits per heavy atom. The topological polar surface area (TPSA) is 110 Å². The smallest absolute Gasteiger partial charge is 0.270 e. The number of nitrogens with one attached hydrogen (secondary N) is 1. The van der Waals surface area contributed by atoms with Crippen LogP contribution in [0.25, 0.3) is 10.8 Å². The Morgan fingerprint density at radius 2 is 1.82 bits per heavy atom. The second-order valence-electron chi connectivity index (χ2n) is 6.48. The average Bonchev–Trinajstić information content (AvgIpc) is 2.67. The van der Waals surface area contributed by atoms with Crippen LogP contribution < -0.4 is 4.72 Å². The van der Waals surface area contributed by atoms with Gasteiger partial charge in [-0.3, -0.25) is 10.1 Å².